The average molecular weight is 387 g/mol. The van der Waals surface area contributed by atoms with Crippen LogP contribution in [-0.4, -0.2) is 10.8 Å². The topological polar surface area (TPSA) is 109 Å². The normalized spacial score (nSPS) is 12.1. The van der Waals surface area contributed by atoms with Crippen LogP contribution < -0.4 is 5.32 Å². The predicted molar refractivity (Wildman–Crippen MR) is 107 cm³/mol. The van der Waals surface area contributed by atoms with Crippen LogP contribution in [0.1, 0.15) is 24.3 Å². The van der Waals surface area contributed by atoms with E-state index in [2.05, 4.69) is 5.32 Å². The van der Waals surface area contributed by atoms with Crippen LogP contribution >= 0.6 is 0 Å². The van der Waals surface area contributed by atoms with E-state index in [1.54, 1.807) is 30.3 Å². The Bertz CT molecular complexity index is 1110. The predicted octanol–water partition coefficient (Wildman–Crippen LogP) is 4.64. The highest BCUT2D eigenvalue weighted by Crippen LogP contribution is 2.31. The number of nitrogens with zero attached hydrogens (tertiary/aromatic N) is 2. The van der Waals surface area contributed by atoms with Gasteiger partial charge in [0.2, 0.25) is 0 Å². The molecule has 0 saturated carbocycles. The molecular formula is C22H17N3O4. The fraction of sp³-hybridized carbons (Fsp3) is 0.0909. The van der Waals surface area contributed by atoms with Gasteiger partial charge in [0, 0.05) is 12.1 Å². The van der Waals surface area contributed by atoms with Gasteiger partial charge in [0.1, 0.15) is 23.2 Å². The van der Waals surface area contributed by atoms with Gasteiger partial charge in [-0.2, -0.15) is 5.26 Å². The minimum Gasteiger partial charge on any atom is -0.456 e. The van der Waals surface area contributed by atoms with Crippen LogP contribution in [0, 0.1) is 21.4 Å². The molecule has 1 aromatic heterocycles. The molecule has 29 heavy (non-hydrogen) atoms. The van der Waals surface area contributed by atoms with Gasteiger partial charge in [-0.05, 0) is 30.7 Å². The van der Waals surface area contributed by atoms with Crippen molar-refractivity contribution < 1.29 is 14.1 Å². The first-order valence-electron chi connectivity index (χ1n) is 8.81. The number of nitro groups is 1. The summed E-state index contributed by atoms with van der Waals surface area (Å²) in [5.41, 5.74) is 1.01. The minimum absolute atomic E-state index is 0.0904. The first-order chi connectivity index (χ1) is 14.0. The number of benzene rings is 2. The maximum Gasteiger partial charge on any atom is 0.280 e. The molecule has 7 heteroatoms. The van der Waals surface area contributed by atoms with Gasteiger partial charge in [0.05, 0.1) is 16.5 Å². The van der Waals surface area contributed by atoms with Crippen LogP contribution in [-0.2, 0) is 4.79 Å². The number of hydrogen-bond donors (Lipinski definition) is 1. The molecule has 0 fully saturated rings. The summed E-state index contributed by atoms with van der Waals surface area (Å²) in [6, 6.07) is 20.3. The van der Waals surface area contributed by atoms with Gasteiger partial charge in [-0.25, -0.2) is 0 Å². The smallest absolute Gasteiger partial charge is 0.280 e. The molecule has 3 aromatic rings. The van der Waals surface area contributed by atoms with Crippen molar-refractivity contribution in [3.8, 4) is 17.4 Å². The van der Waals surface area contributed by atoms with Crippen LogP contribution in [0.4, 0.5) is 5.69 Å². The lowest BCUT2D eigenvalue weighted by molar-refractivity contribution is -0.384. The van der Waals surface area contributed by atoms with E-state index >= 15 is 0 Å². The molecule has 1 unspecified atom stereocenters. The lowest BCUT2D eigenvalue weighted by atomic mass is 10.1. The molecule has 1 atom stereocenters. The summed E-state index contributed by atoms with van der Waals surface area (Å²) < 4.78 is 5.62. The minimum atomic E-state index is -0.535. The van der Waals surface area contributed by atoms with Crippen LogP contribution in [0.3, 0.4) is 0 Å². The number of para-hydroxylation sites is 1. The third-order valence-electron chi connectivity index (χ3n) is 4.29. The second-order valence-electron chi connectivity index (χ2n) is 6.25. The second kappa shape index (κ2) is 8.67. The average Bonchev–Trinajstić information content (AvgIpc) is 3.21. The number of rotatable bonds is 6. The van der Waals surface area contributed by atoms with Crippen molar-refractivity contribution in [2.75, 3.05) is 0 Å². The number of nitro benzene ring substituents is 1. The van der Waals surface area contributed by atoms with E-state index in [-0.39, 0.29) is 28.8 Å². The Morgan fingerprint density at radius 2 is 1.83 bits per heavy atom. The van der Waals surface area contributed by atoms with Crippen molar-refractivity contribution in [2.45, 2.75) is 13.0 Å². The Balaban J connectivity index is 1.81. The molecule has 3 rings (SSSR count). The van der Waals surface area contributed by atoms with Crippen LogP contribution in [0.15, 0.2) is 76.7 Å². The summed E-state index contributed by atoms with van der Waals surface area (Å²) in [5, 5.41) is 23.3. The zero-order valence-electron chi connectivity index (χ0n) is 15.5. The summed E-state index contributed by atoms with van der Waals surface area (Å²) in [6.07, 6.45) is 1.31. The van der Waals surface area contributed by atoms with Crippen LogP contribution in [0.5, 0.6) is 0 Å². The monoisotopic (exact) mass is 387 g/mol. The summed E-state index contributed by atoms with van der Waals surface area (Å²) in [7, 11) is 0. The summed E-state index contributed by atoms with van der Waals surface area (Å²) in [5.74, 6) is -0.0105. The molecule has 1 amide bonds. The fourth-order valence-electron chi connectivity index (χ4n) is 2.81. The Morgan fingerprint density at radius 1 is 1.14 bits per heavy atom. The Morgan fingerprint density at radius 3 is 2.52 bits per heavy atom. The number of carbonyl (C=O) groups is 1. The molecule has 0 spiro atoms. The van der Waals surface area contributed by atoms with Crippen LogP contribution in [0.2, 0.25) is 0 Å². The van der Waals surface area contributed by atoms with E-state index in [0.29, 0.717) is 5.56 Å². The first-order valence-corrected chi connectivity index (χ1v) is 8.81. The standard InChI is InChI=1S/C22H17N3O4/c1-15(16-7-3-2-4-8-16)24-22(26)17(14-23)13-18-11-12-21(29-18)19-9-5-6-10-20(19)25(27)28/h2-13,15H,1H3,(H,24,26)/b17-13+. The molecule has 1 heterocycles. The Kier molecular flexibility index (Phi) is 5.85. The molecule has 0 saturated heterocycles. The summed E-state index contributed by atoms with van der Waals surface area (Å²) in [4.78, 5) is 23.1. The number of carbonyl (C=O) groups excluding carboxylic acids is 1. The molecule has 1 N–H and O–H groups in total. The number of nitrogens with one attached hydrogen (secondary N) is 1. The first kappa shape index (κ1) is 19.6. The van der Waals surface area contributed by atoms with Crippen molar-refractivity contribution in [3.63, 3.8) is 0 Å². The Labute approximate surface area is 167 Å². The zero-order chi connectivity index (χ0) is 20.8. The Hall–Kier alpha value is -4.18. The molecular weight excluding hydrogens is 370 g/mol. The zero-order valence-corrected chi connectivity index (χ0v) is 15.5. The van der Waals surface area contributed by atoms with Gasteiger partial charge in [-0.1, -0.05) is 42.5 Å². The molecule has 0 aliphatic heterocycles. The molecule has 0 bridgehead atoms. The van der Waals surface area contributed by atoms with Gasteiger partial charge in [0.25, 0.3) is 11.6 Å². The second-order valence-corrected chi connectivity index (χ2v) is 6.25. The van der Waals surface area contributed by atoms with Gasteiger partial charge < -0.3 is 9.73 Å². The molecule has 144 valence electrons. The van der Waals surface area contributed by atoms with E-state index in [0.717, 1.165) is 5.56 Å². The van der Waals surface area contributed by atoms with Crippen molar-refractivity contribution in [1.82, 2.24) is 5.32 Å². The highest BCUT2D eigenvalue weighted by molar-refractivity contribution is 6.01. The fourth-order valence-corrected chi connectivity index (χ4v) is 2.81. The maximum atomic E-state index is 12.4. The van der Waals surface area contributed by atoms with Crippen molar-refractivity contribution in [1.29, 1.82) is 5.26 Å². The third-order valence-corrected chi connectivity index (χ3v) is 4.29. The lowest BCUT2D eigenvalue weighted by Gasteiger charge is -2.13. The number of furan rings is 1. The number of hydrogen-bond acceptors (Lipinski definition) is 5. The van der Waals surface area contributed by atoms with Crippen molar-refractivity contribution >= 4 is 17.7 Å². The molecule has 0 aliphatic carbocycles. The third kappa shape index (κ3) is 4.57. The van der Waals surface area contributed by atoms with E-state index in [9.17, 15) is 20.2 Å². The highest BCUT2D eigenvalue weighted by atomic mass is 16.6. The molecule has 0 aliphatic rings. The summed E-state index contributed by atoms with van der Waals surface area (Å²) in [6.45, 7) is 1.82. The van der Waals surface area contributed by atoms with Crippen LogP contribution in [0.25, 0.3) is 17.4 Å². The van der Waals surface area contributed by atoms with E-state index in [1.807, 2.05) is 43.3 Å². The van der Waals surface area contributed by atoms with Gasteiger partial charge >= 0.3 is 0 Å². The molecule has 7 nitrogen and oxygen atoms in total. The summed E-state index contributed by atoms with van der Waals surface area (Å²) >= 11 is 0. The highest BCUT2D eigenvalue weighted by Gasteiger charge is 2.18. The van der Waals surface area contributed by atoms with Crippen molar-refractivity contribution in [3.05, 3.63) is 93.7 Å². The number of nitriles is 1. The quantitative estimate of drug-likeness (QED) is 0.287. The largest absolute Gasteiger partial charge is 0.456 e. The van der Waals surface area contributed by atoms with E-state index in [4.69, 9.17) is 4.42 Å². The molecule has 0 radical (unpaired) electrons. The van der Waals surface area contributed by atoms with Crippen molar-refractivity contribution in [2.24, 2.45) is 0 Å². The van der Waals surface area contributed by atoms with Gasteiger partial charge in [-0.15, -0.1) is 0 Å². The number of amides is 1. The van der Waals surface area contributed by atoms with Gasteiger partial charge in [0.15, 0.2) is 0 Å². The van der Waals surface area contributed by atoms with E-state index < -0.39 is 10.8 Å². The van der Waals surface area contributed by atoms with E-state index in [1.165, 1.54) is 12.1 Å². The lowest BCUT2D eigenvalue weighted by Crippen LogP contribution is -2.27. The van der Waals surface area contributed by atoms with Gasteiger partial charge in [-0.3, -0.25) is 14.9 Å². The molecule has 2 aromatic carbocycles. The SMILES string of the molecule is CC(NC(=O)/C(C#N)=C/c1ccc(-c2ccccc2[N+](=O)[O-])o1)c1ccccc1. The maximum absolute atomic E-state index is 12.4.